The lowest BCUT2D eigenvalue weighted by atomic mass is 9.97. The maximum atomic E-state index is 12.9. The summed E-state index contributed by atoms with van der Waals surface area (Å²) in [4.78, 5) is 14.0. The van der Waals surface area contributed by atoms with Crippen molar-refractivity contribution >= 4 is 56.6 Å². The van der Waals surface area contributed by atoms with Crippen LogP contribution in [0.3, 0.4) is 0 Å². The third-order valence-electron chi connectivity index (χ3n) is 5.94. The molecule has 0 aromatic heterocycles. The third-order valence-corrected chi connectivity index (χ3v) is 9.44. The van der Waals surface area contributed by atoms with Crippen LogP contribution >= 0.6 is 35.0 Å². The summed E-state index contributed by atoms with van der Waals surface area (Å²) in [6.07, 6.45) is 0.955. The summed E-state index contributed by atoms with van der Waals surface area (Å²) >= 11 is 13.8. The fourth-order valence-electron chi connectivity index (χ4n) is 3.93. The molecule has 1 aliphatic heterocycles. The van der Waals surface area contributed by atoms with Crippen LogP contribution in [-0.4, -0.2) is 31.7 Å². The number of halogens is 2. The number of rotatable bonds is 8. The van der Waals surface area contributed by atoms with Crippen LogP contribution < -0.4 is 5.32 Å². The highest BCUT2D eigenvalue weighted by atomic mass is 35.5. The van der Waals surface area contributed by atoms with E-state index in [4.69, 9.17) is 23.2 Å². The van der Waals surface area contributed by atoms with E-state index in [1.54, 1.807) is 30.0 Å². The zero-order chi connectivity index (χ0) is 24.8. The lowest BCUT2D eigenvalue weighted by Crippen LogP contribution is -2.41. The lowest BCUT2D eigenvalue weighted by Gasteiger charge is -2.30. The molecule has 4 rings (SSSR count). The number of benzene rings is 3. The van der Waals surface area contributed by atoms with Gasteiger partial charge in [-0.2, -0.15) is 0 Å². The summed E-state index contributed by atoms with van der Waals surface area (Å²) in [6, 6.07) is 22.9. The van der Waals surface area contributed by atoms with E-state index < -0.39 is 10.0 Å². The van der Waals surface area contributed by atoms with E-state index in [9.17, 15) is 13.2 Å². The van der Waals surface area contributed by atoms with E-state index in [2.05, 4.69) is 17.4 Å². The summed E-state index contributed by atoms with van der Waals surface area (Å²) in [6.45, 7) is 0.614. The van der Waals surface area contributed by atoms with Gasteiger partial charge in [0.1, 0.15) is 0 Å². The Morgan fingerprint density at radius 3 is 2.31 bits per heavy atom. The fourth-order valence-corrected chi connectivity index (χ4v) is 6.96. The lowest BCUT2D eigenvalue weighted by molar-refractivity contribution is -0.120. The minimum absolute atomic E-state index is 0.0748. The minimum atomic E-state index is -3.54. The van der Waals surface area contributed by atoms with Gasteiger partial charge in [0.2, 0.25) is 15.9 Å². The first-order chi connectivity index (χ1) is 16.8. The standard InChI is InChI=1S/C26H26Cl2N2O3S2/c27-22-9-8-21(25(28)16-22)18-35(32,33)30-14-12-20(13-15-30)26(31)29-23-10-6-19(7-11-23)17-34-24-4-2-1-3-5-24/h1-11,16,20H,12-15,17-18H2,(H,29,31). The van der Waals surface area contributed by atoms with Gasteiger partial charge >= 0.3 is 0 Å². The average Bonchev–Trinajstić information content (AvgIpc) is 2.86. The Morgan fingerprint density at radius 1 is 0.971 bits per heavy atom. The molecule has 9 heteroatoms. The van der Waals surface area contributed by atoms with Crippen molar-refractivity contribution in [1.29, 1.82) is 0 Å². The normalized spacial score (nSPS) is 15.1. The number of carbonyl (C=O) groups is 1. The summed E-state index contributed by atoms with van der Waals surface area (Å²) in [5.74, 6) is 0.365. The molecule has 1 aliphatic rings. The number of anilines is 1. The van der Waals surface area contributed by atoms with Crippen LogP contribution in [0.4, 0.5) is 5.69 Å². The number of piperidine rings is 1. The summed E-state index contributed by atoms with van der Waals surface area (Å²) in [5.41, 5.74) is 2.44. The molecule has 0 saturated carbocycles. The molecule has 5 nitrogen and oxygen atoms in total. The van der Waals surface area contributed by atoms with Crippen LogP contribution in [0.1, 0.15) is 24.0 Å². The highest BCUT2D eigenvalue weighted by Crippen LogP contribution is 2.27. The second kappa shape index (κ2) is 11.8. The SMILES string of the molecule is O=C(Nc1ccc(CSc2ccccc2)cc1)C1CCN(S(=O)(=O)Cc2ccc(Cl)cc2Cl)CC1. The highest BCUT2D eigenvalue weighted by Gasteiger charge is 2.31. The Hall–Kier alpha value is -2.03. The average molecular weight is 550 g/mol. The van der Waals surface area contributed by atoms with Crippen molar-refractivity contribution in [3.05, 3.63) is 94.0 Å². The molecule has 184 valence electrons. The van der Waals surface area contributed by atoms with Crippen LogP contribution in [0.2, 0.25) is 10.0 Å². The van der Waals surface area contributed by atoms with Crippen molar-refractivity contribution in [2.75, 3.05) is 18.4 Å². The van der Waals surface area contributed by atoms with Crippen LogP contribution in [-0.2, 0) is 26.3 Å². The smallest absolute Gasteiger partial charge is 0.227 e. The molecule has 0 unspecified atom stereocenters. The molecular weight excluding hydrogens is 523 g/mol. The van der Waals surface area contributed by atoms with Crippen molar-refractivity contribution < 1.29 is 13.2 Å². The third kappa shape index (κ3) is 7.24. The van der Waals surface area contributed by atoms with Crippen LogP contribution in [0.25, 0.3) is 0 Å². The second-order valence-electron chi connectivity index (χ2n) is 8.45. The zero-order valence-electron chi connectivity index (χ0n) is 19.0. The number of amides is 1. The maximum Gasteiger partial charge on any atom is 0.227 e. The van der Waals surface area contributed by atoms with Crippen molar-refractivity contribution in [3.63, 3.8) is 0 Å². The zero-order valence-corrected chi connectivity index (χ0v) is 22.1. The van der Waals surface area contributed by atoms with Gasteiger partial charge in [-0.3, -0.25) is 4.79 Å². The van der Waals surface area contributed by atoms with E-state index in [0.717, 1.165) is 11.4 Å². The first-order valence-corrected chi connectivity index (χ1v) is 14.6. The number of nitrogens with one attached hydrogen (secondary N) is 1. The second-order valence-corrected chi connectivity index (χ2v) is 12.3. The Bertz CT molecular complexity index is 1260. The molecule has 3 aromatic carbocycles. The fraction of sp³-hybridized carbons (Fsp3) is 0.269. The summed E-state index contributed by atoms with van der Waals surface area (Å²) < 4.78 is 27.2. The minimum Gasteiger partial charge on any atom is -0.326 e. The largest absolute Gasteiger partial charge is 0.326 e. The molecule has 0 atom stereocenters. The van der Waals surface area contributed by atoms with Crippen molar-refractivity contribution in [1.82, 2.24) is 4.31 Å². The summed E-state index contributed by atoms with van der Waals surface area (Å²) in [7, 11) is -3.54. The molecule has 0 bridgehead atoms. The molecule has 3 aromatic rings. The molecule has 1 N–H and O–H groups in total. The van der Waals surface area contributed by atoms with E-state index >= 15 is 0 Å². The van der Waals surface area contributed by atoms with Crippen LogP contribution in [0.15, 0.2) is 77.7 Å². The Labute approximate surface area is 220 Å². The van der Waals surface area contributed by atoms with E-state index in [1.807, 2.05) is 42.5 Å². The van der Waals surface area contributed by atoms with Gasteiger partial charge in [-0.05, 0) is 60.4 Å². The van der Waals surface area contributed by atoms with Gasteiger partial charge in [0.15, 0.2) is 0 Å². The first-order valence-electron chi connectivity index (χ1n) is 11.3. The van der Waals surface area contributed by atoms with Gasteiger partial charge in [-0.1, -0.05) is 59.6 Å². The quantitative estimate of drug-likeness (QED) is 0.327. The van der Waals surface area contributed by atoms with E-state index in [1.165, 1.54) is 14.8 Å². The van der Waals surface area contributed by atoms with E-state index in [0.29, 0.717) is 41.5 Å². The number of sulfonamides is 1. The van der Waals surface area contributed by atoms with Gasteiger partial charge in [0, 0.05) is 45.4 Å². The number of carbonyl (C=O) groups excluding carboxylic acids is 1. The highest BCUT2D eigenvalue weighted by molar-refractivity contribution is 7.98. The Kier molecular flexibility index (Phi) is 8.78. The topological polar surface area (TPSA) is 66.5 Å². The molecule has 1 amide bonds. The van der Waals surface area contributed by atoms with Gasteiger partial charge in [0.05, 0.1) is 5.75 Å². The number of hydrogen-bond donors (Lipinski definition) is 1. The molecule has 1 fully saturated rings. The number of nitrogens with zero attached hydrogens (tertiary/aromatic N) is 1. The summed E-state index contributed by atoms with van der Waals surface area (Å²) in [5, 5.41) is 3.77. The number of thioether (sulfide) groups is 1. The van der Waals surface area contributed by atoms with Crippen molar-refractivity contribution in [3.8, 4) is 0 Å². The van der Waals surface area contributed by atoms with Crippen LogP contribution in [0.5, 0.6) is 0 Å². The van der Waals surface area contributed by atoms with Gasteiger partial charge in [-0.25, -0.2) is 12.7 Å². The van der Waals surface area contributed by atoms with Crippen molar-refractivity contribution in [2.45, 2.75) is 29.2 Å². The predicted molar refractivity (Wildman–Crippen MR) is 144 cm³/mol. The predicted octanol–water partition coefficient (Wildman–Crippen LogP) is 6.47. The Morgan fingerprint density at radius 2 is 1.66 bits per heavy atom. The molecule has 1 saturated heterocycles. The van der Waals surface area contributed by atoms with Gasteiger partial charge in [-0.15, -0.1) is 11.8 Å². The first kappa shape index (κ1) is 26.0. The molecular formula is C26H26Cl2N2O3S2. The molecule has 1 heterocycles. The molecule has 0 spiro atoms. The number of hydrogen-bond acceptors (Lipinski definition) is 4. The maximum absolute atomic E-state index is 12.9. The van der Waals surface area contributed by atoms with E-state index in [-0.39, 0.29) is 17.6 Å². The molecule has 35 heavy (non-hydrogen) atoms. The van der Waals surface area contributed by atoms with Crippen molar-refractivity contribution in [2.24, 2.45) is 5.92 Å². The Balaban J connectivity index is 1.26. The molecule has 0 radical (unpaired) electrons. The monoisotopic (exact) mass is 548 g/mol. The van der Waals surface area contributed by atoms with Crippen LogP contribution in [0, 0.1) is 5.92 Å². The van der Waals surface area contributed by atoms with Gasteiger partial charge in [0.25, 0.3) is 0 Å². The molecule has 0 aliphatic carbocycles. The van der Waals surface area contributed by atoms with Gasteiger partial charge < -0.3 is 5.32 Å².